The summed E-state index contributed by atoms with van der Waals surface area (Å²) in [6, 6.07) is 3.80. The molecule has 6 rings (SSSR count). The molecule has 4 heterocycles. The highest BCUT2D eigenvalue weighted by Crippen LogP contribution is 2.64. The summed E-state index contributed by atoms with van der Waals surface area (Å²) < 4.78 is 47.9. The summed E-state index contributed by atoms with van der Waals surface area (Å²) in [5, 5.41) is 4.69. The van der Waals surface area contributed by atoms with E-state index in [1.54, 1.807) is 0 Å². The number of nitrogens with two attached hydrogens (primary N) is 1. The topological polar surface area (TPSA) is 69.2 Å². The molecule has 4 fully saturated rings. The van der Waals surface area contributed by atoms with Gasteiger partial charge in [-0.15, -0.1) is 0 Å². The van der Waals surface area contributed by atoms with Gasteiger partial charge < -0.3 is 10.5 Å². The number of fused-ring (bicyclic) bond motifs is 1. The number of ether oxygens (including phenoxy) is 1. The monoisotopic (exact) mass is 461 g/mol. The molecule has 0 radical (unpaired) electrons. The van der Waals surface area contributed by atoms with Gasteiger partial charge in [-0.25, -0.2) is 4.98 Å². The van der Waals surface area contributed by atoms with Crippen LogP contribution in [0.4, 0.5) is 19.0 Å². The Balaban J connectivity index is 1.20. The molecule has 0 bridgehead atoms. The number of alkyl halides is 3. The van der Waals surface area contributed by atoms with Crippen molar-refractivity contribution in [3.8, 4) is 11.3 Å². The fourth-order valence-electron chi connectivity index (χ4n) is 6.56. The lowest BCUT2D eigenvalue weighted by atomic mass is 9.88. The summed E-state index contributed by atoms with van der Waals surface area (Å²) in [5.74, 6) is 1.20. The quantitative estimate of drug-likeness (QED) is 0.727. The summed E-state index contributed by atoms with van der Waals surface area (Å²) in [5.41, 5.74) is 6.72. The van der Waals surface area contributed by atoms with Gasteiger partial charge in [0.2, 0.25) is 0 Å². The molecule has 2 aromatic heterocycles. The molecular weight excluding hydrogens is 431 g/mol. The third kappa shape index (κ3) is 3.46. The number of anilines is 1. The van der Waals surface area contributed by atoms with Crippen molar-refractivity contribution >= 4 is 5.82 Å². The first-order valence-corrected chi connectivity index (χ1v) is 12.0. The average molecular weight is 462 g/mol. The molecule has 2 aliphatic heterocycles. The van der Waals surface area contributed by atoms with Gasteiger partial charge in [-0.1, -0.05) is 0 Å². The summed E-state index contributed by atoms with van der Waals surface area (Å²) >= 11 is 0. The van der Waals surface area contributed by atoms with Crippen molar-refractivity contribution in [2.24, 2.45) is 11.8 Å². The Morgan fingerprint density at radius 2 is 1.91 bits per heavy atom. The lowest BCUT2D eigenvalue weighted by Gasteiger charge is -2.50. The van der Waals surface area contributed by atoms with E-state index >= 15 is 0 Å². The third-order valence-electron chi connectivity index (χ3n) is 8.22. The number of nitrogens with zero attached hydrogens (tertiary/aromatic N) is 4. The lowest BCUT2D eigenvalue weighted by Crippen LogP contribution is -2.64. The smallest absolute Gasteiger partial charge is 0.383 e. The summed E-state index contributed by atoms with van der Waals surface area (Å²) in [6.45, 7) is 7.17. The van der Waals surface area contributed by atoms with Crippen LogP contribution < -0.4 is 5.73 Å². The van der Waals surface area contributed by atoms with E-state index in [-0.39, 0.29) is 11.6 Å². The predicted molar refractivity (Wildman–Crippen MR) is 117 cm³/mol. The molecular formula is C24H30F3N5O. The van der Waals surface area contributed by atoms with Crippen LogP contribution in [0.15, 0.2) is 18.3 Å². The lowest BCUT2D eigenvalue weighted by molar-refractivity contribution is -0.137. The summed E-state index contributed by atoms with van der Waals surface area (Å²) in [6.07, 6.45) is 1.59. The first-order valence-electron chi connectivity index (χ1n) is 12.0. The highest BCUT2D eigenvalue weighted by atomic mass is 19.4. The van der Waals surface area contributed by atoms with Crippen LogP contribution in [0.25, 0.3) is 11.3 Å². The highest BCUT2D eigenvalue weighted by molar-refractivity contribution is 5.63. The average Bonchev–Trinajstić information content (AvgIpc) is 3.22. The second-order valence-corrected chi connectivity index (χ2v) is 10.7. The van der Waals surface area contributed by atoms with Crippen molar-refractivity contribution in [2.45, 2.75) is 69.3 Å². The van der Waals surface area contributed by atoms with Gasteiger partial charge in [0.1, 0.15) is 5.82 Å². The Kier molecular flexibility index (Phi) is 4.66. The number of rotatable bonds is 4. The van der Waals surface area contributed by atoms with Crippen molar-refractivity contribution in [1.29, 1.82) is 0 Å². The van der Waals surface area contributed by atoms with E-state index < -0.39 is 17.6 Å². The Hall–Kier alpha value is -2.13. The maximum absolute atomic E-state index is 13.3. The van der Waals surface area contributed by atoms with E-state index in [2.05, 4.69) is 23.7 Å². The van der Waals surface area contributed by atoms with Gasteiger partial charge in [0.15, 0.2) is 0 Å². The van der Waals surface area contributed by atoms with E-state index in [0.29, 0.717) is 35.1 Å². The molecule has 4 atom stereocenters. The first-order chi connectivity index (χ1) is 15.7. The number of aromatic nitrogens is 3. The second-order valence-electron chi connectivity index (χ2n) is 10.7. The Labute approximate surface area is 191 Å². The minimum atomic E-state index is -4.54. The molecule has 6 nitrogen and oxygen atoms in total. The largest absolute Gasteiger partial charge is 0.419 e. The number of likely N-dealkylation sites (tertiary alicyclic amines) is 1. The number of hydrogen-bond donors (Lipinski definition) is 1. The molecule has 2 aliphatic carbocycles. The number of nitrogen functional groups attached to an aromatic ring is 1. The van der Waals surface area contributed by atoms with E-state index in [0.717, 1.165) is 31.5 Å². The molecule has 2 saturated heterocycles. The molecule has 2 aromatic rings. The molecule has 178 valence electrons. The Bertz CT molecular complexity index is 1050. The van der Waals surface area contributed by atoms with Gasteiger partial charge in [-0.3, -0.25) is 9.58 Å². The number of pyridine rings is 1. The molecule has 9 heteroatoms. The van der Waals surface area contributed by atoms with Crippen molar-refractivity contribution in [3.05, 3.63) is 29.6 Å². The van der Waals surface area contributed by atoms with Gasteiger partial charge >= 0.3 is 6.18 Å². The second kappa shape index (κ2) is 7.18. The van der Waals surface area contributed by atoms with Crippen molar-refractivity contribution < 1.29 is 17.9 Å². The minimum Gasteiger partial charge on any atom is -0.383 e. The molecule has 0 amide bonds. The van der Waals surface area contributed by atoms with E-state index in [1.165, 1.54) is 31.9 Å². The first kappa shape index (κ1) is 21.4. The number of hydrogen-bond acceptors (Lipinski definition) is 5. The zero-order valence-electron chi connectivity index (χ0n) is 19.0. The van der Waals surface area contributed by atoms with Gasteiger partial charge in [0.05, 0.1) is 16.9 Å². The fraction of sp³-hybridized carbons (Fsp3) is 0.667. The van der Waals surface area contributed by atoms with Gasteiger partial charge in [-0.2, -0.15) is 18.3 Å². The standard InChI is InChI=1S/C24H30F3N5O/c1-13(2)32-20(9-19(30-32)14-6-18(24(25,26)27)22(28)29-10-14)21-16-7-15(8-17(16)21)31-11-23(12-31)4-3-5-33-23/h6,9-10,13,15-17,21H,3-5,7-8,11-12H2,1-2H3,(H2,28,29)/t15-,16+,17-,21-. The van der Waals surface area contributed by atoms with Gasteiger partial charge in [0, 0.05) is 55.2 Å². The van der Waals surface area contributed by atoms with E-state index in [9.17, 15) is 13.2 Å². The third-order valence-corrected chi connectivity index (χ3v) is 8.22. The summed E-state index contributed by atoms with van der Waals surface area (Å²) in [4.78, 5) is 6.39. The molecule has 33 heavy (non-hydrogen) atoms. The van der Waals surface area contributed by atoms with Crippen LogP contribution >= 0.6 is 0 Å². The maximum atomic E-state index is 13.3. The van der Waals surface area contributed by atoms with Gasteiger partial charge in [0.25, 0.3) is 0 Å². The Morgan fingerprint density at radius 1 is 1.18 bits per heavy atom. The normalized spacial score (nSPS) is 30.7. The summed E-state index contributed by atoms with van der Waals surface area (Å²) in [7, 11) is 0. The van der Waals surface area contributed by atoms with Crippen LogP contribution in [0.1, 0.15) is 62.7 Å². The Morgan fingerprint density at radius 3 is 2.52 bits per heavy atom. The van der Waals surface area contributed by atoms with Crippen LogP contribution in [-0.4, -0.2) is 51.0 Å². The van der Waals surface area contributed by atoms with Crippen LogP contribution in [-0.2, 0) is 10.9 Å². The van der Waals surface area contributed by atoms with Crippen molar-refractivity contribution in [2.75, 3.05) is 25.4 Å². The van der Waals surface area contributed by atoms with Crippen LogP contribution in [0.3, 0.4) is 0 Å². The SMILES string of the molecule is CC(C)n1nc(-c2cnc(N)c(C(F)(F)F)c2)cc1[C@H]1[C@@H]2C[C@H](N3CC4(CCCO4)C3)C[C@@H]21. The van der Waals surface area contributed by atoms with Gasteiger partial charge in [-0.05, 0) is 63.5 Å². The fourth-order valence-corrected chi connectivity index (χ4v) is 6.56. The number of halogens is 3. The van der Waals surface area contributed by atoms with Crippen molar-refractivity contribution in [3.63, 3.8) is 0 Å². The van der Waals surface area contributed by atoms with Crippen LogP contribution in [0.2, 0.25) is 0 Å². The molecule has 4 aliphatic rings. The maximum Gasteiger partial charge on any atom is 0.419 e. The molecule has 2 N–H and O–H groups in total. The predicted octanol–water partition coefficient (Wildman–Crippen LogP) is 4.48. The highest BCUT2D eigenvalue weighted by Gasteiger charge is 2.61. The molecule has 1 spiro atoms. The van der Waals surface area contributed by atoms with Crippen molar-refractivity contribution in [1.82, 2.24) is 19.7 Å². The molecule has 0 unspecified atom stereocenters. The zero-order valence-corrected chi connectivity index (χ0v) is 19.0. The van der Waals surface area contributed by atoms with E-state index in [1.807, 2.05) is 10.7 Å². The minimum absolute atomic E-state index is 0.129. The zero-order chi connectivity index (χ0) is 23.1. The molecule has 0 aromatic carbocycles. The van der Waals surface area contributed by atoms with Crippen LogP contribution in [0, 0.1) is 11.8 Å². The van der Waals surface area contributed by atoms with Crippen LogP contribution in [0.5, 0.6) is 0 Å². The molecule has 2 saturated carbocycles. The van der Waals surface area contributed by atoms with E-state index in [4.69, 9.17) is 15.6 Å².